The van der Waals surface area contributed by atoms with Crippen LogP contribution in [-0.2, 0) is 0 Å². The summed E-state index contributed by atoms with van der Waals surface area (Å²) in [5.74, 6) is -0.729. The molecule has 1 aromatic carbocycles. The molecule has 0 spiro atoms. The molecule has 0 amide bonds. The smallest absolute Gasteiger partial charge is 0.374 e. The van der Waals surface area contributed by atoms with Crippen molar-refractivity contribution in [3.63, 3.8) is 0 Å². The van der Waals surface area contributed by atoms with Gasteiger partial charge in [0.1, 0.15) is 5.69 Å². The molecule has 0 unspecified atom stereocenters. The van der Waals surface area contributed by atoms with Crippen LogP contribution in [0.1, 0.15) is 35.0 Å². The lowest BCUT2D eigenvalue weighted by Crippen LogP contribution is -2.01. The van der Waals surface area contributed by atoms with E-state index in [1.165, 1.54) is 24.6 Å². The van der Waals surface area contributed by atoms with E-state index in [4.69, 9.17) is 9.63 Å². The first kappa shape index (κ1) is 14.2. The summed E-state index contributed by atoms with van der Waals surface area (Å²) in [6.07, 6.45) is 4.21. The van der Waals surface area contributed by atoms with Crippen molar-refractivity contribution in [1.82, 2.24) is 14.9 Å². The molecule has 1 aliphatic rings. The molecule has 1 N–H and O–H groups in total. The predicted molar refractivity (Wildman–Crippen MR) is 85.7 cm³/mol. The molecule has 4 rings (SSSR count). The number of hydrogen-bond donors (Lipinski definition) is 1. The van der Waals surface area contributed by atoms with E-state index in [1.807, 2.05) is 35.1 Å². The Labute approximate surface area is 139 Å². The van der Waals surface area contributed by atoms with E-state index in [0.717, 1.165) is 15.7 Å². The number of carbonyl (C=O) groups is 1. The van der Waals surface area contributed by atoms with Gasteiger partial charge in [-0.25, -0.2) is 9.48 Å². The van der Waals surface area contributed by atoms with Crippen LogP contribution < -0.4 is 0 Å². The topological polar surface area (TPSA) is 81.1 Å². The number of halogens is 1. The third kappa shape index (κ3) is 2.57. The second-order valence-corrected chi connectivity index (χ2v) is 6.35. The van der Waals surface area contributed by atoms with Gasteiger partial charge >= 0.3 is 5.97 Å². The Bertz CT molecular complexity index is 878. The van der Waals surface area contributed by atoms with Crippen LogP contribution in [-0.4, -0.2) is 26.0 Å². The average molecular weight is 374 g/mol. The van der Waals surface area contributed by atoms with Gasteiger partial charge in [0, 0.05) is 17.5 Å². The number of nitrogens with zero attached hydrogens (tertiary/aromatic N) is 3. The number of aromatic nitrogens is 3. The molecule has 2 aromatic heterocycles. The van der Waals surface area contributed by atoms with Crippen LogP contribution >= 0.6 is 15.9 Å². The van der Waals surface area contributed by atoms with Crippen molar-refractivity contribution in [3.05, 3.63) is 52.5 Å². The van der Waals surface area contributed by atoms with Crippen LogP contribution in [0.25, 0.3) is 16.9 Å². The van der Waals surface area contributed by atoms with Crippen molar-refractivity contribution in [2.45, 2.75) is 18.8 Å². The second-order valence-electron chi connectivity index (χ2n) is 5.49. The van der Waals surface area contributed by atoms with Gasteiger partial charge in [0.15, 0.2) is 0 Å². The molecule has 6 nitrogen and oxygen atoms in total. The fourth-order valence-electron chi connectivity index (χ4n) is 2.55. The number of aromatic carboxylic acids is 1. The van der Waals surface area contributed by atoms with E-state index in [1.54, 1.807) is 0 Å². The second kappa shape index (κ2) is 5.34. The van der Waals surface area contributed by atoms with Gasteiger partial charge in [0.05, 0.1) is 22.1 Å². The molecule has 2 heterocycles. The SMILES string of the molecule is O=C(O)c1cc(-c2ccc(-n3ncc(Br)c3C3CC3)cc2)no1. The highest BCUT2D eigenvalue weighted by Crippen LogP contribution is 2.44. The van der Waals surface area contributed by atoms with Crippen LogP contribution in [0.2, 0.25) is 0 Å². The van der Waals surface area contributed by atoms with Gasteiger partial charge in [-0.3, -0.25) is 0 Å². The molecule has 0 aliphatic heterocycles. The maximum absolute atomic E-state index is 10.8. The van der Waals surface area contributed by atoms with Crippen LogP contribution in [0.5, 0.6) is 0 Å². The highest BCUT2D eigenvalue weighted by molar-refractivity contribution is 9.10. The summed E-state index contributed by atoms with van der Waals surface area (Å²) in [6.45, 7) is 0. The van der Waals surface area contributed by atoms with Crippen molar-refractivity contribution in [1.29, 1.82) is 0 Å². The summed E-state index contributed by atoms with van der Waals surface area (Å²) in [7, 11) is 0. The average Bonchev–Trinajstić information content (AvgIpc) is 3.11. The third-order valence-corrected chi connectivity index (χ3v) is 4.46. The summed E-state index contributed by atoms with van der Waals surface area (Å²) in [5, 5.41) is 17.1. The first-order valence-corrected chi connectivity index (χ1v) is 7.97. The lowest BCUT2D eigenvalue weighted by Gasteiger charge is -2.07. The Hall–Kier alpha value is -2.41. The standard InChI is InChI=1S/C16H12BrN3O3/c17-12-8-18-20(15(12)10-1-2-10)11-5-3-9(4-6-11)13-7-14(16(21)22)23-19-13/h3-8,10H,1-2H2,(H,21,22). The van der Waals surface area contributed by atoms with Crippen molar-refractivity contribution in [2.75, 3.05) is 0 Å². The molecule has 0 saturated heterocycles. The minimum atomic E-state index is -1.13. The maximum atomic E-state index is 10.8. The van der Waals surface area contributed by atoms with Gasteiger partial charge in [-0.1, -0.05) is 17.3 Å². The van der Waals surface area contributed by atoms with Crippen LogP contribution in [0.4, 0.5) is 0 Å². The van der Waals surface area contributed by atoms with Gasteiger partial charge in [-0.05, 0) is 40.9 Å². The molecule has 1 saturated carbocycles. The molecule has 0 radical (unpaired) electrons. The number of carboxylic acid groups (broad SMARTS) is 1. The van der Waals surface area contributed by atoms with Gasteiger partial charge in [-0.2, -0.15) is 5.10 Å². The van der Waals surface area contributed by atoms with Crippen molar-refractivity contribution < 1.29 is 14.4 Å². The number of carboxylic acids is 1. The molecule has 1 fully saturated rings. The summed E-state index contributed by atoms with van der Waals surface area (Å²) in [6, 6.07) is 9.05. The monoisotopic (exact) mass is 373 g/mol. The zero-order valence-corrected chi connectivity index (χ0v) is 13.5. The molecular weight excluding hydrogens is 362 g/mol. The normalized spacial score (nSPS) is 14.1. The van der Waals surface area contributed by atoms with Gasteiger partial charge in [0.25, 0.3) is 0 Å². The first-order valence-electron chi connectivity index (χ1n) is 7.17. The van der Waals surface area contributed by atoms with E-state index < -0.39 is 5.97 Å². The van der Waals surface area contributed by atoms with E-state index in [0.29, 0.717) is 11.6 Å². The van der Waals surface area contributed by atoms with Gasteiger partial charge in [0.2, 0.25) is 5.76 Å². The fraction of sp³-hybridized carbons (Fsp3) is 0.188. The van der Waals surface area contributed by atoms with Gasteiger partial charge < -0.3 is 9.63 Å². The number of rotatable bonds is 4. The zero-order valence-electron chi connectivity index (χ0n) is 11.9. The maximum Gasteiger partial charge on any atom is 0.374 e. The quantitative estimate of drug-likeness (QED) is 0.750. The van der Waals surface area contributed by atoms with E-state index >= 15 is 0 Å². The minimum absolute atomic E-state index is 0.170. The first-order chi connectivity index (χ1) is 11.1. The molecule has 3 aromatic rings. The highest BCUT2D eigenvalue weighted by atomic mass is 79.9. The molecule has 1 aliphatic carbocycles. The highest BCUT2D eigenvalue weighted by Gasteiger charge is 2.30. The van der Waals surface area contributed by atoms with Crippen LogP contribution in [0, 0.1) is 0 Å². The van der Waals surface area contributed by atoms with Crippen LogP contribution in [0.3, 0.4) is 0 Å². The molecule has 0 atom stereocenters. The number of hydrogen-bond acceptors (Lipinski definition) is 4. The van der Waals surface area contributed by atoms with Gasteiger partial charge in [-0.15, -0.1) is 0 Å². The third-order valence-electron chi connectivity index (χ3n) is 3.85. The fourth-order valence-corrected chi connectivity index (χ4v) is 3.14. The molecule has 116 valence electrons. The Balaban J connectivity index is 1.66. The molecule has 7 heteroatoms. The summed E-state index contributed by atoms with van der Waals surface area (Å²) >= 11 is 3.56. The van der Waals surface area contributed by atoms with Crippen LogP contribution in [0.15, 0.2) is 45.5 Å². The largest absolute Gasteiger partial charge is 0.475 e. The lowest BCUT2D eigenvalue weighted by molar-refractivity contribution is 0.0652. The Morgan fingerprint density at radius 2 is 2.04 bits per heavy atom. The Kier molecular flexibility index (Phi) is 3.30. The summed E-state index contributed by atoms with van der Waals surface area (Å²) < 4.78 is 7.76. The lowest BCUT2D eigenvalue weighted by atomic mass is 10.1. The summed E-state index contributed by atoms with van der Waals surface area (Å²) in [4.78, 5) is 10.8. The minimum Gasteiger partial charge on any atom is -0.475 e. The van der Waals surface area contributed by atoms with E-state index in [-0.39, 0.29) is 5.76 Å². The Morgan fingerprint density at radius 3 is 2.65 bits per heavy atom. The molecular formula is C16H12BrN3O3. The Morgan fingerprint density at radius 1 is 1.30 bits per heavy atom. The van der Waals surface area contributed by atoms with E-state index in [9.17, 15) is 4.79 Å². The van der Waals surface area contributed by atoms with Crippen molar-refractivity contribution in [3.8, 4) is 16.9 Å². The predicted octanol–water partition coefficient (Wildman–Crippen LogP) is 3.87. The summed E-state index contributed by atoms with van der Waals surface area (Å²) in [5.41, 5.74) is 3.46. The van der Waals surface area contributed by atoms with Crippen molar-refractivity contribution >= 4 is 21.9 Å². The number of benzene rings is 1. The molecule has 23 heavy (non-hydrogen) atoms. The zero-order chi connectivity index (χ0) is 16.0. The van der Waals surface area contributed by atoms with Crippen molar-refractivity contribution in [2.24, 2.45) is 0 Å². The molecule has 0 bridgehead atoms. The van der Waals surface area contributed by atoms with E-state index in [2.05, 4.69) is 26.2 Å².